The first-order chi connectivity index (χ1) is 8.31. The molecule has 1 fully saturated rings. The molecule has 0 amide bonds. The molecule has 0 spiro atoms. The largest absolute Gasteiger partial charge is 0.486 e. The number of fused-ring (bicyclic) bond motifs is 1. The van der Waals surface area contributed by atoms with Crippen LogP contribution in [0, 0.1) is 11.7 Å². The molecule has 1 aliphatic heterocycles. The third-order valence-electron chi connectivity index (χ3n) is 3.83. The van der Waals surface area contributed by atoms with Gasteiger partial charge in [0.05, 0.1) is 12.2 Å². The summed E-state index contributed by atoms with van der Waals surface area (Å²) in [4.78, 5) is 0. The minimum atomic E-state index is -0.230. The molecule has 0 bridgehead atoms. The molecule has 17 heavy (non-hydrogen) atoms. The molecule has 0 radical (unpaired) electrons. The van der Waals surface area contributed by atoms with Crippen LogP contribution in [0.15, 0.2) is 18.2 Å². The van der Waals surface area contributed by atoms with Crippen LogP contribution in [0.4, 0.5) is 10.1 Å². The van der Waals surface area contributed by atoms with E-state index in [1.165, 1.54) is 37.8 Å². The Morgan fingerprint density at radius 1 is 1.29 bits per heavy atom. The Bertz CT molecular complexity index is 401. The van der Waals surface area contributed by atoms with Crippen LogP contribution >= 0.6 is 0 Å². The van der Waals surface area contributed by atoms with E-state index in [0.29, 0.717) is 5.75 Å². The number of halogens is 1. The van der Waals surface area contributed by atoms with E-state index in [-0.39, 0.29) is 11.9 Å². The standard InChI is InChI=1S/C14H18FNO/c15-11-5-6-13-14(8-11)17-12(9-16-13)7-10-3-1-2-4-10/h5-6,8,10,12,16H,1-4,7,9H2. The van der Waals surface area contributed by atoms with Gasteiger partial charge in [0.1, 0.15) is 17.7 Å². The van der Waals surface area contributed by atoms with Crippen molar-refractivity contribution < 1.29 is 9.13 Å². The van der Waals surface area contributed by atoms with E-state index in [4.69, 9.17) is 4.74 Å². The van der Waals surface area contributed by atoms with E-state index >= 15 is 0 Å². The molecular formula is C14H18FNO. The molecule has 1 aromatic carbocycles. The van der Waals surface area contributed by atoms with Gasteiger partial charge in [0, 0.05) is 6.07 Å². The minimum absolute atomic E-state index is 0.201. The normalized spacial score (nSPS) is 23.9. The number of hydrogen-bond donors (Lipinski definition) is 1. The van der Waals surface area contributed by atoms with Crippen molar-refractivity contribution in [2.45, 2.75) is 38.2 Å². The minimum Gasteiger partial charge on any atom is -0.486 e. The van der Waals surface area contributed by atoms with Crippen LogP contribution in [0.2, 0.25) is 0 Å². The summed E-state index contributed by atoms with van der Waals surface area (Å²) in [6, 6.07) is 4.69. The molecular weight excluding hydrogens is 217 g/mol. The number of benzene rings is 1. The molecule has 3 heteroatoms. The smallest absolute Gasteiger partial charge is 0.145 e. The van der Waals surface area contributed by atoms with Crippen molar-refractivity contribution in [2.75, 3.05) is 11.9 Å². The van der Waals surface area contributed by atoms with Crippen LogP contribution in [0.3, 0.4) is 0 Å². The highest BCUT2D eigenvalue weighted by Crippen LogP contribution is 2.34. The molecule has 0 aromatic heterocycles. The Kier molecular flexibility index (Phi) is 2.91. The molecule has 1 saturated carbocycles. The third kappa shape index (κ3) is 2.38. The maximum atomic E-state index is 13.1. The van der Waals surface area contributed by atoms with Crippen molar-refractivity contribution in [1.82, 2.24) is 0 Å². The van der Waals surface area contributed by atoms with Crippen LogP contribution in [-0.4, -0.2) is 12.6 Å². The second kappa shape index (κ2) is 4.55. The first-order valence-electron chi connectivity index (χ1n) is 6.51. The number of anilines is 1. The molecule has 1 atom stereocenters. The summed E-state index contributed by atoms with van der Waals surface area (Å²) in [6.45, 7) is 0.842. The first kappa shape index (κ1) is 10.9. The Labute approximate surface area is 101 Å². The van der Waals surface area contributed by atoms with Gasteiger partial charge in [0.25, 0.3) is 0 Å². The van der Waals surface area contributed by atoms with Gasteiger partial charge in [-0.15, -0.1) is 0 Å². The fraction of sp³-hybridized carbons (Fsp3) is 0.571. The lowest BCUT2D eigenvalue weighted by Gasteiger charge is -2.29. The van der Waals surface area contributed by atoms with Gasteiger partial charge in [0.15, 0.2) is 0 Å². The quantitative estimate of drug-likeness (QED) is 0.846. The summed E-state index contributed by atoms with van der Waals surface area (Å²) in [7, 11) is 0. The predicted octanol–water partition coefficient (Wildman–Crippen LogP) is 3.58. The van der Waals surface area contributed by atoms with E-state index in [1.54, 1.807) is 6.07 Å². The Balaban J connectivity index is 1.67. The van der Waals surface area contributed by atoms with Crippen molar-refractivity contribution >= 4 is 5.69 Å². The monoisotopic (exact) mass is 235 g/mol. The second-order valence-corrected chi connectivity index (χ2v) is 5.15. The number of hydrogen-bond acceptors (Lipinski definition) is 2. The van der Waals surface area contributed by atoms with Crippen LogP contribution in [0.5, 0.6) is 5.75 Å². The van der Waals surface area contributed by atoms with Crippen molar-refractivity contribution in [1.29, 1.82) is 0 Å². The number of rotatable bonds is 2. The molecule has 2 aliphatic rings. The molecule has 1 N–H and O–H groups in total. The fourth-order valence-corrected chi connectivity index (χ4v) is 2.93. The molecule has 92 valence electrons. The fourth-order valence-electron chi connectivity index (χ4n) is 2.93. The highest BCUT2D eigenvalue weighted by atomic mass is 19.1. The first-order valence-corrected chi connectivity index (χ1v) is 6.51. The zero-order valence-corrected chi connectivity index (χ0v) is 9.92. The van der Waals surface area contributed by atoms with E-state index in [0.717, 1.165) is 24.6 Å². The SMILES string of the molecule is Fc1ccc2c(c1)OC(CC1CCCC1)CN2. The van der Waals surface area contributed by atoms with Crippen molar-refractivity contribution in [3.05, 3.63) is 24.0 Å². The molecule has 1 aromatic rings. The van der Waals surface area contributed by atoms with Gasteiger partial charge in [-0.05, 0) is 24.5 Å². The van der Waals surface area contributed by atoms with Gasteiger partial charge in [-0.25, -0.2) is 4.39 Å². The lowest BCUT2D eigenvalue weighted by Crippen LogP contribution is -2.32. The van der Waals surface area contributed by atoms with Gasteiger partial charge < -0.3 is 10.1 Å². The van der Waals surface area contributed by atoms with Gasteiger partial charge in [-0.3, -0.25) is 0 Å². The Morgan fingerprint density at radius 2 is 2.12 bits per heavy atom. The molecule has 1 aliphatic carbocycles. The zero-order chi connectivity index (χ0) is 11.7. The summed E-state index contributed by atoms with van der Waals surface area (Å²) in [5, 5.41) is 3.32. The van der Waals surface area contributed by atoms with Crippen LogP contribution in [0.25, 0.3) is 0 Å². The molecule has 2 nitrogen and oxygen atoms in total. The molecule has 3 rings (SSSR count). The van der Waals surface area contributed by atoms with Crippen LogP contribution < -0.4 is 10.1 Å². The van der Waals surface area contributed by atoms with E-state index in [1.807, 2.05) is 0 Å². The van der Waals surface area contributed by atoms with Crippen molar-refractivity contribution in [3.63, 3.8) is 0 Å². The zero-order valence-electron chi connectivity index (χ0n) is 9.92. The summed E-state index contributed by atoms with van der Waals surface area (Å²) in [5.74, 6) is 1.24. The third-order valence-corrected chi connectivity index (χ3v) is 3.83. The Hall–Kier alpha value is -1.25. The highest BCUT2D eigenvalue weighted by Gasteiger charge is 2.24. The maximum Gasteiger partial charge on any atom is 0.145 e. The summed E-state index contributed by atoms with van der Waals surface area (Å²) in [6.07, 6.45) is 6.67. The number of ether oxygens (including phenoxy) is 1. The van der Waals surface area contributed by atoms with Crippen molar-refractivity contribution in [3.8, 4) is 5.75 Å². The number of nitrogens with one attached hydrogen (secondary N) is 1. The van der Waals surface area contributed by atoms with E-state index < -0.39 is 0 Å². The van der Waals surface area contributed by atoms with Gasteiger partial charge in [0.2, 0.25) is 0 Å². The lowest BCUT2D eigenvalue weighted by molar-refractivity contribution is 0.172. The van der Waals surface area contributed by atoms with Gasteiger partial charge in [-0.1, -0.05) is 25.7 Å². The van der Waals surface area contributed by atoms with Gasteiger partial charge >= 0.3 is 0 Å². The topological polar surface area (TPSA) is 21.3 Å². The van der Waals surface area contributed by atoms with E-state index in [9.17, 15) is 4.39 Å². The lowest BCUT2D eigenvalue weighted by atomic mass is 9.99. The second-order valence-electron chi connectivity index (χ2n) is 5.15. The average molecular weight is 235 g/mol. The Morgan fingerprint density at radius 3 is 2.94 bits per heavy atom. The maximum absolute atomic E-state index is 13.1. The average Bonchev–Trinajstić information content (AvgIpc) is 2.81. The summed E-state index contributed by atoms with van der Waals surface area (Å²) < 4.78 is 19.0. The highest BCUT2D eigenvalue weighted by molar-refractivity contribution is 5.57. The van der Waals surface area contributed by atoms with Crippen LogP contribution in [-0.2, 0) is 0 Å². The predicted molar refractivity (Wildman–Crippen MR) is 65.9 cm³/mol. The molecule has 1 heterocycles. The molecule has 1 unspecified atom stereocenters. The van der Waals surface area contributed by atoms with E-state index in [2.05, 4.69) is 5.32 Å². The van der Waals surface area contributed by atoms with Crippen molar-refractivity contribution in [2.24, 2.45) is 5.92 Å². The summed E-state index contributed by atoms with van der Waals surface area (Å²) >= 11 is 0. The van der Waals surface area contributed by atoms with Gasteiger partial charge in [-0.2, -0.15) is 0 Å². The summed E-state index contributed by atoms with van der Waals surface area (Å²) in [5.41, 5.74) is 0.911. The molecule has 0 saturated heterocycles. The van der Waals surface area contributed by atoms with Crippen LogP contribution in [0.1, 0.15) is 32.1 Å².